The van der Waals surface area contributed by atoms with Crippen LogP contribution in [0, 0.1) is 0 Å². The first-order valence-corrected chi connectivity index (χ1v) is 24.9. The van der Waals surface area contributed by atoms with Gasteiger partial charge >= 0.3 is 19.8 Å². The minimum Gasteiger partial charge on any atom is -0.462 e. The van der Waals surface area contributed by atoms with Crippen molar-refractivity contribution in [1.82, 2.24) is 0 Å². The summed E-state index contributed by atoms with van der Waals surface area (Å²) in [5.41, 5.74) is 0. The van der Waals surface area contributed by atoms with Crippen molar-refractivity contribution in [3.05, 3.63) is 0 Å². The van der Waals surface area contributed by atoms with Gasteiger partial charge in [0.15, 0.2) is 6.10 Å². The van der Waals surface area contributed by atoms with Crippen molar-refractivity contribution >= 4 is 19.8 Å². The van der Waals surface area contributed by atoms with Gasteiger partial charge in [-0.1, -0.05) is 232 Å². The molecular formula is C45H89O8P. The van der Waals surface area contributed by atoms with E-state index in [0.29, 0.717) is 6.42 Å². The molecule has 0 heterocycles. The molecule has 0 saturated carbocycles. The van der Waals surface area contributed by atoms with Crippen molar-refractivity contribution in [2.45, 2.75) is 264 Å². The van der Waals surface area contributed by atoms with Gasteiger partial charge < -0.3 is 19.3 Å². The molecule has 0 rings (SSSR count). The summed E-state index contributed by atoms with van der Waals surface area (Å²) < 4.78 is 26.5. The summed E-state index contributed by atoms with van der Waals surface area (Å²) in [6.07, 6.45) is 45.4. The summed E-state index contributed by atoms with van der Waals surface area (Å²) in [6.45, 7) is 3.74. The predicted molar refractivity (Wildman–Crippen MR) is 226 cm³/mol. The van der Waals surface area contributed by atoms with Gasteiger partial charge in [0, 0.05) is 12.8 Å². The van der Waals surface area contributed by atoms with E-state index in [1.807, 2.05) is 0 Å². The molecule has 0 aliphatic carbocycles. The van der Waals surface area contributed by atoms with E-state index in [9.17, 15) is 14.2 Å². The average Bonchev–Trinajstić information content (AvgIpc) is 3.14. The van der Waals surface area contributed by atoms with Crippen LogP contribution in [-0.4, -0.2) is 41.0 Å². The third kappa shape index (κ3) is 43.8. The maximum atomic E-state index is 12.4. The van der Waals surface area contributed by atoms with Crippen LogP contribution in [0.25, 0.3) is 0 Å². The molecule has 0 radical (unpaired) electrons. The third-order valence-electron chi connectivity index (χ3n) is 10.6. The van der Waals surface area contributed by atoms with Crippen LogP contribution in [0.1, 0.15) is 258 Å². The van der Waals surface area contributed by atoms with Crippen molar-refractivity contribution in [2.75, 3.05) is 13.2 Å². The van der Waals surface area contributed by atoms with Gasteiger partial charge in [-0.05, 0) is 12.8 Å². The molecule has 8 nitrogen and oxygen atoms in total. The van der Waals surface area contributed by atoms with E-state index in [0.717, 1.165) is 32.1 Å². The topological polar surface area (TPSA) is 119 Å². The lowest BCUT2D eigenvalue weighted by molar-refractivity contribution is -0.161. The number of phosphoric acid groups is 1. The minimum atomic E-state index is -4.75. The monoisotopic (exact) mass is 789 g/mol. The zero-order chi connectivity index (χ0) is 39.6. The molecule has 0 aromatic heterocycles. The Hall–Kier alpha value is -0.950. The molecule has 0 aromatic carbocycles. The van der Waals surface area contributed by atoms with E-state index in [2.05, 4.69) is 18.4 Å². The molecule has 322 valence electrons. The van der Waals surface area contributed by atoms with E-state index in [1.54, 1.807) is 0 Å². The molecule has 0 amide bonds. The van der Waals surface area contributed by atoms with E-state index in [-0.39, 0.29) is 19.4 Å². The molecule has 0 unspecified atom stereocenters. The summed E-state index contributed by atoms with van der Waals surface area (Å²) in [5.74, 6) is -0.863. The van der Waals surface area contributed by atoms with Gasteiger partial charge in [0.25, 0.3) is 0 Å². The first kappa shape index (κ1) is 53.0. The summed E-state index contributed by atoms with van der Waals surface area (Å²) in [6, 6.07) is 0. The molecule has 0 aromatic rings. The van der Waals surface area contributed by atoms with Crippen molar-refractivity contribution < 1.29 is 37.9 Å². The summed E-state index contributed by atoms with van der Waals surface area (Å²) >= 11 is 0. The predicted octanol–water partition coefficient (Wildman–Crippen LogP) is 14.4. The van der Waals surface area contributed by atoms with E-state index in [1.165, 1.54) is 193 Å². The molecule has 0 fully saturated rings. The highest BCUT2D eigenvalue weighted by molar-refractivity contribution is 7.46. The molecule has 0 bridgehead atoms. The maximum Gasteiger partial charge on any atom is 0.469 e. The van der Waals surface area contributed by atoms with Crippen LogP contribution in [0.3, 0.4) is 0 Å². The number of carbonyl (C=O) groups is 2. The molecular weight excluding hydrogens is 699 g/mol. The normalized spacial score (nSPS) is 12.3. The molecule has 0 aliphatic rings. The number of hydrogen-bond donors (Lipinski definition) is 2. The van der Waals surface area contributed by atoms with Crippen molar-refractivity contribution in [3.63, 3.8) is 0 Å². The number of rotatable bonds is 44. The van der Waals surface area contributed by atoms with Gasteiger partial charge in [-0.25, -0.2) is 4.57 Å². The van der Waals surface area contributed by atoms with Gasteiger partial charge in [-0.15, -0.1) is 0 Å². The average molecular weight is 789 g/mol. The lowest BCUT2D eigenvalue weighted by atomic mass is 10.0. The van der Waals surface area contributed by atoms with Crippen molar-refractivity contribution in [3.8, 4) is 0 Å². The fraction of sp³-hybridized carbons (Fsp3) is 0.956. The number of unbranched alkanes of at least 4 members (excludes halogenated alkanes) is 34. The van der Waals surface area contributed by atoms with Crippen LogP contribution in [0.15, 0.2) is 0 Å². The number of ether oxygens (including phenoxy) is 2. The van der Waals surface area contributed by atoms with E-state index >= 15 is 0 Å². The molecule has 0 saturated heterocycles. The van der Waals surface area contributed by atoms with Gasteiger partial charge in [0.1, 0.15) is 6.61 Å². The number of phosphoric ester groups is 1. The Morgan fingerprint density at radius 2 is 0.667 bits per heavy atom. The Morgan fingerprint density at radius 3 is 0.944 bits per heavy atom. The smallest absolute Gasteiger partial charge is 0.462 e. The van der Waals surface area contributed by atoms with Gasteiger partial charge in [0.2, 0.25) is 0 Å². The lowest BCUT2D eigenvalue weighted by Gasteiger charge is -2.18. The largest absolute Gasteiger partial charge is 0.469 e. The highest BCUT2D eigenvalue weighted by atomic mass is 31.2. The van der Waals surface area contributed by atoms with Crippen LogP contribution in [-0.2, 0) is 28.2 Å². The second kappa shape index (κ2) is 41.7. The Labute approximate surface area is 334 Å². The molecule has 0 spiro atoms. The number of esters is 2. The lowest BCUT2D eigenvalue weighted by Crippen LogP contribution is -2.29. The highest BCUT2D eigenvalue weighted by Gasteiger charge is 2.23. The van der Waals surface area contributed by atoms with Gasteiger partial charge in [-0.3, -0.25) is 14.1 Å². The number of hydrogen-bond acceptors (Lipinski definition) is 6. The standard InChI is InChI=1S/C45H89O8P/c1-3-5-7-9-11-13-15-17-19-21-22-24-26-28-30-32-34-36-38-40-45(47)53-43(42-52-54(48,49)50)41-51-44(46)39-37-35-33-31-29-27-25-23-20-18-16-14-12-10-8-6-4-2/h43H,3-42H2,1-2H3,(H2,48,49,50)/t43-/m1/s1. The molecule has 54 heavy (non-hydrogen) atoms. The van der Waals surface area contributed by atoms with Crippen LogP contribution < -0.4 is 0 Å². The van der Waals surface area contributed by atoms with Gasteiger partial charge in [-0.2, -0.15) is 0 Å². The Balaban J connectivity index is 3.80. The Bertz CT molecular complexity index is 848. The van der Waals surface area contributed by atoms with E-state index < -0.39 is 32.5 Å². The molecule has 1 atom stereocenters. The third-order valence-corrected chi connectivity index (χ3v) is 11.1. The highest BCUT2D eigenvalue weighted by Crippen LogP contribution is 2.36. The SMILES string of the molecule is CCCCCCCCCCCCCCCCCCCCCC(=O)O[C@H](COC(=O)CCCCCCCCCCCCCCCCCCC)COP(=O)(O)O. The van der Waals surface area contributed by atoms with Crippen LogP contribution in [0.5, 0.6) is 0 Å². The van der Waals surface area contributed by atoms with Crippen LogP contribution in [0.4, 0.5) is 0 Å². The summed E-state index contributed by atoms with van der Waals surface area (Å²) in [5, 5.41) is 0. The summed E-state index contributed by atoms with van der Waals surface area (Å²) in [7, 11) is -4.75. The zero-order valence-electron chi connectivity index (χ0n) is 35.7. The Kier molecular flexibility index (Phi) is 40.9. The van der Waals surface area contributed by atoms with Gasteiger partial charge in [0.05, 0.1) is 6.61 Å². The van der Waals surface area contributed by atoms with Crippen LogP contribution in [0.2, 0.25) is 0 Å². The first-order chi connectivity index (χ1) is 26.3. The first-order valence-electron chi connectivity index (χ1n) is 23.3. The quantitative estimate of drug-likeness (QED) is 0.0356. The Morgan fingerprint density at radius 1 is 0.407 bits per heavy atom. The summed E-state index contributed by atoms with van der Waals surface area (Å²) in [4.78, 5) is 43.0. The second-order valence-electron chi connectivity index (χ2n) is 16.1. The maximum absolute atomic E-state index is 12.4. The van der Waals surface area contributed by atoms with E-state index in [4.69, 9.17) is 19.3 Å². The fourth-order valence-corrected chi connectivity index (χ4v) is 7.50. The minimum absolute atomic E-state index is 0.221. The molecule has 9 heteroatoms. The van der Waals surface area contributed by atoms with Crippen LogP contribution >= 0.6 is 7.82 Å². The molecule has 0 aliphatic heterocycles. The fourth-order valence-electron chi connectivity index (χ4n) is 7.14. The molecule has 2 N–H and O–H groups in total. The number of carbonyl (C=O) groups excluding carboxylic acids is 2. The van der Waals surface area contributed by atoms with Crippen molar-refractivity contribution in [2.24, 2.45) is 0 Å². The zero-order valence-corrected chi connectivity index (χ0v) is 36.5. The van der Waals surface area contributed by atoms with Crippen molar-refractivity contribution in [1.29, 1.82) is 0 Å². The second-order valence-corrected chi connectivity index (χ2v) is 17.3.